The van der Waals surface area contributed by atoms with Crippen LogP contribution < -0.4 is 5.32 Å². The lowest BCUT2D eigenvalue weighted by Crippen LogP contribution is -2.36. The molecule has 1 aromatic heterocycles. The molecule has 1 atom stereocenters. The molecule has 0 spiro atoms. The van der Waals surface area contributed by atoms with Crippen molar-refractivity contribution < 1.29 is 31.3 Å². The highest BCUT2D eigenvalue weighted by molar-refractivity contribution is 7.89. The minimum atomic E-state index is -4.20. The van der Waals surface area contributed by atoms with Gasteiger partial charge in [0, 0.05) is 37.3 Å². The van der Waals surface area contributed by atoms with E-state index in [-0.39, 0.29) is 36.6 Å². The SMILES string of the molecule is Cc1ccccc1S(=O)(=O)N(CCCC(=O)NCCS(=O)(=O)O)C(C)c1cccc(-c2ccncc2O)c1. The maximum Gasteiger partial charge on any atom is 0.266 e. The van der Waals surface area contributed by atoms with Crippen molar-refractivity contribution >= 4 is 26.0 Å². The number of carbonyl (C=O) groups excluding carboxylic acids is 1. The van der Waals surface area contributed by atoms with E-state index in [9.17, 15) is 26.7 Å². The zero-order valence-corrected chi connectivity index (χ0v) is 22.7. The van der Waals surface area contributed by atoms with Crippen LogP contribution in [0.2, 0.25) is 0 Å². The van der Waals surface area contributed by atoms with Crippen molar-refractivity contribution in [2.45, 2.75) is 37.6 Å². The zero-order valence-electron chi connectivity index (χ0n) is 21.1. The van der Waals surface area contributed by atoms with Crippen molar-refractivity contribution in [3.8, 4) is 16.9 Å². The van der Waals surface area contributed by atoms with Crippen molar-refractivity contribution in [2.24, 2.45) is 0 Å². The van der Waals surface area contributed by atoms with Gasteiger partial charge in [0.1, 0.15) is 5.75 Å². The molecule has 204 valence electrons. The maximum atomic E-state index is 13.8. The average Bonchev–Trinajstić information content (AvgIpc) is 2.86. The van der Waals surface area contributed by atoms with Gasteiger partial charge in [0.25, 0.3) is 10.1 Å². The molecule has 1 heterocycles. The van der Waals surface area contributed by atoms with E-state index >= 15 is 0 Å². The number of sulfonamides is 1. The standard InChI is InChI=1S/C26H31N3O7S2/c1-19-7-3-4-10-25(19)38(35,36)29(15-6-11-26(31)28-14-16-37(32,33)34)20(2)21-8-5-9-22(17-21)23-12-13-27-18-24(23)30/h3-5,7-10,12-13,17-18,20,30H,6,11,14-16H2,1-2H3,(H,28,31)(H,32,33,34). The second kappa shape index (κ2) is 12.5. The fourth-order valence-electron chi connectivity index (χ4n) is 4.06. The number of nitrogens with one attached hydrogen (secondary N) is 1. The highest BCUT2D eigenvalue weighted by Crippen LogP contribution is 2.33. The number of hydrogen-bond donors (Lipinski definition) is 3. The lowest BCUT2D eigenvalue weighted by Gasteiger charge is -2.29. The molecule has 12 heteroatoms. The summed E-state index contributed by atoms with van der Waals surface area (Å²) in [5.41, 5.74) is 2.53. The maximum absolute atomic E-state index is 13.8. The van der Waals surface area contributed by atoms with Crippen LogP contribution in [0.4, 0.5) is 0 Å². The molecular weight excluding hydrogens is 530 g/mol. The number of nitrogens with zero attached hydrogens (tertiary/aromatic N) is 2. The van der Waals surface area contributed by atoms with Crippen LogP contribution in [0.5, 0.6) is 5.75 Å². The van der Waals surface area contributed by atoms with Gasteiger partial charge in [0.2, 0.25) is 15.9 Å². The highest BCUT2D eigenvalue weighted by Gasteiger charge is 2.31. The van der Waals surface area contributed by atoms with E-state index in [0.29, 0.717) is 22.3 Å². The molecule has 38 heavy (non-hydrogen) atoms. The highest BCUT2D eigenvalue weighted by atomic mass is 32.2. The van der Waals surface area contributed by atoms with E-state index < -0.39 is 37.8 Å². The van der Waals surface area contributed by atoms with Crippen LogP contribution in [0.15, 0.2) is 71.9 Å². The molecule has 0 aliphatic heterocycles. The minimum Gasteiger partial charge on any atom is -0.506 e. The van der Waals surface area contributed by atoms with E-state index in [0.717, 1.165) is 0 Å². The number of aromatic nitrogens is 1. The van der Waals surface area contributed by atoms with Gasteiger partial charge in [0.15, 0.2) is 0 Å². The molecule has 3 aromatic rings. The van der Waals surface area contributed by atoms with Crippen molar-refractivity contribution in [3.05, 3.63) is 78.1 Å². The first-order valence-corrected chi connectivity index (χ1v) is 15.0. The monoisotopic (exact) mass is 561 g/mol. The van der Waals surface area contributed by atoms with Crippen molar-refractivity contribution in [3.63, 3.8) is 0 Å². The Morgan fingerprint density at radius 3 is 2.50 bits per heavy atom. The molecular formula is C26H31N3O7S2. The molecule has 1 unspecified atom stereocenters. The number of aryl methyl sites for hydroxylation is 1. The lowest BCUT2D eigenvalue weighted by atomic mass is 10.00. The van der Waals surface area contributed by atoms with Crippen molar-refractivity contribution in [1.82, 2.24) is 14.6 Å². The molecule has 2 aromatic carbocycles. The summed E-state index contributed by atoms with van der Waals surface area (Å²) in [7, 11) is -8.17. The summed E-state index contributed by atoms with van der Waals surface area (Å²) in [4.78, 5) is 16.2. The molecule has 0 bridgehead atoms. The Kier molecular flexibility index (Phi) is 9.60. The van der Waals surface area contributed by atoms with Gasteiger partial charge in [0.05, 0.1) is 16.8 Å². The second-order valence-electron chi connectivity index (χ2n) is 8.82. The van der Waals surface area contributed by atoms with Crippen LogP contribution in [0.25, 0.3) is 11.1 Å². The van der Waals surface area contributed by atoms with Gasteiger partial charge in [-0.2, -0.15) is 12.7 Å². The second-order valence-corrected chi connectivity index (χ2v) is 12.2. The third kappa shape index (κ3) is 7.60. The van der Waals surface area contributed by atoms with Crippen LogP contribution in [-0.2, 0) is 24.9 Å². The van der Waals surface area contributed by atoms with Gasteiger partial charge in [-0.25, -0.2) is 8.42 Å². The predicted octanol–water partition coefficient (Wildman–Crippen LogP) is 3.30. The summed E-state index contributed by atoms with van der Waals surface area (Å²) in [5.74, 6) is -1.06. The van der Waals surface area contributed by atoms with Gasteiger partial charge >= 0.3 is 0 Å². The van der Waals surface area contributed by atoms with E-state index in [2.05, 4.69) is 10.3 Å². The topological polar surface area (TPSA) is 154 Å². The van der Waals surface area contributed by atoms with Crippen LogP contribution >= 0.6 is 0 Å². The Morgan fingerprint density at radius 1 is 1.08 bits per heavy atom. The molecule has 3 N–H and O–H groups in total. The first kappa shape index (κ1) is 29.2. The number of carbonyl (C=O) groups is 1. The fraction of sp³-hybridized carbons (Fsp3) is 0.308. The lowest BCUT2D eigenvalue weighted by molar-refractivity contribution is -0.121. The van der Waals surface area contributed by atoms with Gasteiger partial charge in [-0.1, -0.05) is 36.4 Å². The summed E-state index contributed by atoms with van der Waals surface area (Å²) in [6.07, 6.45) is 3.03. The summed E-state index contributed by atoms with van der Waals surface area (Å²) in [6.45, 7) is 3.25. The first-order valence-electron chi connectivity index (χ1n) is 11.9. The first-order chi connectivity index (χ1) is 17.9. The van der Waals surface area contributed by atoms with E-state index in [4.69, 9.17) is 4.55 Å². The number of hydrogen-bond acceptors (Lipinski definition) is 7. The number of amides is 1. The van der Waals surface area contributed by atoms with E-state index in [1.165, 1.54) is 16.6 Å². The van der Waals surface area contributed by atoms with Gasteiger partial charge < -0.3 is 10.4 Å². The molecule has 0 aliphatic carbocycles. The quantitative estimate of drug-likeness (QED) is 0.285. The molecule has 0 aliphatic rings. The van der Waals surface area contributed by atoms with Crippen molar-refractivity contribution in [1.29, 1.82) is 0 Å². The molecule has 0 fully saturated rings. The largest absolute Gasteiger partial charge is 0.506 e. The Hall–Kier alpha value is -3.32. The number of aromatic hydroxyl groups is 1. The van der Waals surface area contributed by atoms with Gasteiger partial charge in [-0.3, -0.25) is 14.3 Å². The van der Waals surface area contributed by atoms with Gasteiger partial charge in [-0.05, 0) is 55.2 Å². The van der Waals surface area contributed by atoms with E-state index in [1.54, 1.807) is 56.4 Å². The number of pyridine rings is 1. The van der Waals surface area contributed by atoms with Crippen LogP contribution in [0.3, 0.4) is 0 Å². The van der Waals surface area contributed by atoms with Crippen LogP contribution in [0.1, 0.15) is 36.9 Å². The Balaban J connectivity index is 1.87. The number of benzene rings is 2. The zero-order chi connectivity index (χ0) is 27.9. The van der Waals surface area contributed by atoms with Crippen molar-refractivity contribution in [2.75, 3.05) is 18.8 Å². The summed E-state index contributed by atoms with van der Waals surface area (Å²) < 4.78 is 59.5. The Bertz CT molecular complexity index is 1490. The molecule has 10 nitrogen and oxygen atoms in total. The third-order valence-corrected chi connectivity index (χ3v) is 8.91. The molecule has 1 amide bonds. The summed E-state index contributed by atoms with van der Waals surface area (Å²) >= 11 is 0. The molecule has 3 rings (SSSR count). The van der Waals surface area contributed by atoms with Crippen LogP contribution in [-0.4, -0.2) is 60.5 Å². The van der Waals surface area contributed by atoms with E-state index in [1.807, 2.05) is 12.1 Å². The Labute approximate surface area is 223 Å². The molecule has 0 saturated carbocycles. The average molecular weight is 562 g/mol. The molecule has 0 radical (unpaired) electrons. The summed E-state index contributed by atoms with van der Waals surface area (Å²) in [6, 6.07) is 14.9. The predicted molar refractivity (Wildman–Crippen MR) is 143 cm³/mol. The van der Waals surface area contributed by atoms with Gasteiger partial charge in [-0.15, -0.1) is 0 Å². The molecule has 0 saturated heterocycles. The normalized spacial score (nSPS) is 12.8. The third-order valence-electron chi connectivity index (χ3n) is 6.06. The smallest absolute Gasteiger partial charge is 0.266 e. The minimum absolute atomic E-state index is 0.00158. The fourth-order valence-corrected chi connectivity index (χ4v) is 6.31. The summed E-state index contributed by atoms with van der Waals surface area (Å²) in [5, 5.41) is 12.6. The Morgan fingerprint density at radius 2 is 1.82 bits per heavy atom. The van der Waals surface area contributed by atoms with Crippen LogP contribution in [0, 0.1) is 6.92 Å². The number of rotatable bonds is 12.